The van der Waals surface area contributed by atoms with Crippen LogP contribution in [0, 0.1) is 0 Å². The molecule has 0 saturated heterocycles. The molecule has 0 aliphatic rings. The summed E-state index contributed by atoms with van der Waals surface area (Å²) in [4.78, 5) is 22.3. The minimum atomic E-state index is -0.935. The summed E-state index contributed by atoms with van der Waals surface area (Å²) in [5.74, 6) is -1.43. The molecule has 0 aromatic heterocycles. The summed E-state index contributed by atoms with van der Waals surface area (Å²) in [7, 11) is 0. The largest absolute Gasteiger partial charge is 0.478 e. The van der Waals surface area contributed by atoms with Crippen LogP contribution in [0.3, 0.4) is 0 Å². The van der Waals surface area contributed by atoms with Gasteiger partial charge in [0.05, 0.1) is 6.61 Å². The Morgan fingerprint density at radius 2 is 2.07 bits per heavy atom. The van der Waals surface area contributed by atoms with Gasteiger partial charge in [-0.2, -0.15) is 0 Å². The van der Waals surface area contributed by atoms with Crippen molar-refractivity contribution in [3.8, 4) is 0 Å². The lowest BCUT2D eigenvalue weighted by atomic mass is 10.4. The van der Waals surface area contributed by atoms with Crippen LogP contribution in [0.15, 0.2) is 17.3 Å². The summed E-state index contributed by atoms with van der Waals surface area (Å²) in [6.07, 6.45) is 0. The monoisotopic (exact) mass is 215 g/mol. The Labute approximate surface area is 87.0 Å². The number of hydrogen-bond donors (Lipinski definition) is 1. The van der Waals surface area contributed by atoms with E-state index in [0.717, 1.165) is 0 Å². The van der Waals surface area contributed by atoms with Crippen LogP contribution in [0.4, 0.5) is 0 Å². The van der Waals surface area contributed by atoms with Crippen molar-refractivity contribution < 1.29 is 19.4 Å². The van der Waals surface area contributed by atoms with Crippen molar-refractivity contribution in [2.75, 3.05) is 13.2 Å². The predicted molar refractivity (Wildman–Crippen MR) is 53.1 cm³/mol. The molecule has 0 radical (unpaired) electrons. The molecule has 0 fully saturated rings. The molecule has 0 aromatic rings. The number of azide groups is 1. The molecule has 0 saturated carbocycles. The molecule has 0 bridgehead atoms. The molecular weight excluding hydrogens is 202 g/mol. The van der Waals surface area contributed by atoms with Crippen molar-refractivity contribution in [2.45, 2.75) is 13.8 Å². The Bertz CT molecular complexity index is 270. The molecule has 0 aliphatic heterocycles. The Morgan fingerprint density at radius 3 is 2.33 bits per heavy atom. The molecule has 84 valence electrons. The third kappa shape index (κ3) is 14.8. The maximum Gasteiger partial charge on any atom is 0.330 e. The number of carbonyl (C=O) groups is 2. The predicted octanol–water partition coefficient (Wildman–Crippen LogP) is 1.51. The van der Waals surface area contributed by atoms with Gasteiger partial charge in [0.2, 0.25) is 0 Å². The maximum absolute atomic E-state index is 10.3. The first-order valence-corrected chi connectivity index (χ1v) is 4.01. The lowest BCUT2D eigenvalue weighted by molar-refractivity contribution is -0.141. The van der Waals surface area contributed by atoms with Gasteiger partial charge < -0.3 is 9.84 Å². The molecule has 1 N–H and O–H groups in total. The normalized spacial score (nSPS) is 7.60. The zero-order valence-electron chi connectivity index (χ0n) is 8.63. The summed E-state index contributed by atoms with van der Waals surface area (Å²) in [5.41, 5.74) is 7.91. The first-order valence-electron chi connectivity index (χ1n) is 4.01. The summed E-state index contributed by atoms with van der Waals surface area (Å²) >= 11 is 0. The topological polar surface area (TPSA) is 112 Å². The third-order valence-electron chi connectivity index (χ3n) is 0.933. The number of hydrogen-bond acceptors (Lipinski definition) is 4. The van der Waals surface area contributed by atoms with Crippen LogP contribution >= 0.6 is 0 Å². The van der Waals surface area contributed by atoms with E-state index in [0.29, 0.717) is 6.61 Å². The summed E-state index contributed by atoms with van der Waals surface area (Å²) in [5, 5.41) is 10.9. The second kappa shape index (κ2) is 10.1. The van der Waals surface area contributed by atoms with Gasteiger partial charge in [0.25, 0.3) is 0 Å². The molecule has 0 spiro atoms. The standard InChI is InChI=1S/C4H7N3O2.C4H6O2/c1-2-9-4(8)3-6-7-5;1-3(2)4(5)6/h2-3H2,1H3;1H2,2H3,(H,5,6). The molecule has 0 unspecified atom stereocenters. The maximum atomic E-state index is 10.3. The number of carbonyl (C=O) groups excluding carboxylic acids is 1. The molecule has 0 amide bonds. The second-order valence-electron chi connectivity index (χ2n) is 2.28. The molecular formula is C8H13N3O4. The van der Waals surface area contributed by atoms with E-state index in [9.17, 15) is 9.59 Å². The van der Waals surface area contributed by atoms with Gasteiger partial charge in [-0.3, -0.25) is 4.79 Å². The Kier molecular flexibility index (Phi) is 10.4. The van der Waals surface area contributed by atoms with E-state index in [1.165, 1.54) is 6.92 Å². The van der Waals surface area contributed by atoms with Gasteiger partial charge >= 0.3 is 11.9 Å². The average molecular weight is 215 g/mol. The number of carboxylic acids is 1. The van der Waals surface area contributed by atoms with E-state index in [2.05, 4.69) is 21.3 Å². The van der Waals surface area contributed by atoms with Crippen molar-refractivity contribution in [3.05, 3.63) is 22.6 Å². The lowest BCUT2D eigenvalue weighted by Crippen LogP contribution is -2.06. The van der Waals surface area contributed by atoms with E-state index >= 15 is 0 Å². The van der Waals surface area contributed by atoms with Crippen LogP contribution in [0.1, 0.15) is 13.8 Å². The van der Waals surface area contributed by atoms with Gasteiger partial charge in [-0.1, -0.05) is 11.7 Å². The highest BCUT2D eigenvalue weighted by Gasteiger charge is 1.95. The van der Waals surface area contributed by atoms with E-state index in [1.54, 1.807) is 6.92 Å². The van der Waals surface area contributed by atoms with Crippen LogP contribution in [0.25, 0.3) is 10.4 Å². The van der Waals surface area contributed by atoms with Gasteiger partial charge in [0, 0.05) is 10.5 Å². The van der Waals surface area contributed by atoms with E-state index < -0.39 is 11.9 Å². The number of esters is 1. The number of carboxylic acid groups (broad SMARTS) is 1. The van der Waals surface area contributed by atoms with Crippen LogP contribution < -0.4 is 0 Å². The zero-order chi connectivity index (χ0) is 12.3. The van der Waals surface area contributed by atoms with Gasteiger partial charge in [-0.25, -0.2) is 4.79 Å². The van der Waals surface area contributed by atoms with Gasteiger partial charge in [0.15, 0.2) is 0 Å². The molecule has 0 heterocycles. The van der Waals surface area contributed by atoms with E-state index in [-0.39, 0.29) is 12.1 Å². The van der Waals surface area contributed by atoms with Crippen molar-refractivity contribution in [1.29, 1.82) is 0 Å². The highest BCUT2D eigenvalue weighted by Crippen LogP contribution is 1.81. The van der Waals surface area contributed by atoms with Gasteiger partial charge in [0.1, 0.15) is 6.54 Å². The highest BCUT2D eigenvalue weighted by molar-refractivity contribution is 5.84. The zero-order valence-corrected chi connectivity index (χ0v) is 8.63. The first-order chi connectivity index (χ1) is 6.95. The fourth-order valence-electron chi connectivity index (χ4n) is 0.296. The number of aliphatic carboxylic acids is 1. The van der Waals surface area contributed by atoms with Crippen LogP contribution in [-0.4, -0.2) is 30.2 Å². The lowest BCUT2D eigenvalue weighted by Gasteiger charge is -1.94. The second-order valence-corrected chi connectivity index (χ2v) is 2.28. The summed E-state index contributed by atoms with van der Waals surface area (Å²) < 4.78 is 4.44. The van der Waals surface area contributed by atoms with Crippen molar-refractivity contribution in [1.82, 2.24) is 0 Å². The quantitative estimate of drug-likeness (QED) is 0.251. The number of nitrogens with zero attached hydrogens (tertiary/aromatic N) is 3. The smallest absolute Gasteiger partial charge is 0.330 e. The highest BCUT2D eigenvalue weighted by atomic mass is 16.5. The van der Waals surface area contributed by atoms with Crippen molar-refractivity contribution in [3.63, 3.8) is 0 Å². The van der Waals surface area contributed by atoms with E-state index in [1.807, 2.05) is 0 Å². The Hall–Kier alpha value is -2.01. The Morgan fingerprint density at radius 1 is 1.60 bits per heavy atom. The number of rotatable bonds is 4. The van der Waals surface area contributed by atoms with Crippen LogP contribution in [0.5, 0.6) is 0 Å². The third-order valence-corrected chi connectivity index (χ3v) is 0.933. The van der Waals surface area contributed by atoms with Crippen LogP contribution in [0.2, 0.25) is 0 Å². The number of ether oxygens (including phenoxy) is 1. The fraction of sp³-hybridized carbons (Fsp3) is 0.500. The van der Waals surface area contributed by atoms with Gasteiger partial charge in [-0.05, 0) is 19.4 Å². The molecule has 0 aromatic carbocycles. The molecule has 7 nitrogen and oxygen atoms in total. The minimum Gasteiger partial charge on any atom is -0.478 e. The molecule has 0 atom stereocenters. The molecule has 0 aliphatic carbocycles. The first kappa shape index (κ1) is 15.5. The van der Waals surface area contributed by atoms with E-state index in [4.69, 9.17) is 10.6 Å². The molecule has 7 heteroatoms. The fourth-order valence-corrected chi connectivity index (χ4v) is 0.296. The average Bonchev–Trinajstić information content (AvgIpc) is 2.16. The van der Waals surface area contributed by atoms with Crippen molar-refractivity contribution in [2.24, 2.45) is 5.11 Å². The SMILES string of the molecule is C=C(C)C(=O)O.CCOC(=O)CN=[N+]=[N-]. The minimum absolute atomic E-state index is 0.176. The van der Waals surface area contributed by atoms with Crippen LogP contribution in [-0.2, 0) is 14.3 Å². The summed E-state index contributed by atoms with van der Waals surface area (Å²) in [6.45, 7) is 6.39. The molecule has 15 heavy (non-hydrogen) atoms. The van der Waals surface area contributed by atoms with Crippen molar-refractivity contribution >= 4 is 11.9 Å². The van der Waals surface area contributed by atoms with Gasteiger partial charge in [-0.15, -0.1) is 0 Å². The Balaban J connectivity index is 0. The molecule has 0 rings (SSSR count). The summed E-state index contributed by atoms with van der Waals surface area (Å²) in [6, 6.07) is 0.